The maximum Gasteiger partial charge on any atom is 0.218 e. The number of hydrogen-bond donors (Lipinski definition) is 0. The second-order valence-corrected chi connectivity index (χ2v) is 6.10. The number of rotatable bonds is 4. The Labute approximate surface area is 150 Å². The van der Waals surface area contributed by atoms with Crippen molar-refractivity contribution in [2.24, 2.45) is 0 Å². The lowest BCUT2D eigenvalue weighted by Crippen LogP contribution is -2.00. The lowest BCUT2D eigenvalue weighted by molar-refractivity contribution is 0.395. The van der Waals surface area contributed by atoms with E-state index in [0.717, 1.165) is 27.7 Å². The standard InChI is InChI=1S/C20H16ClN3O/c1-25-20-17(19(21)16-5-2-3-6-18(16)23-20)13-14-7-9-15(10-8-14)24-12-4-11-22-24/h2-12H,13H2,1H3. The van der Waals surface area contributed by atoms with E-state index in [2.05, 4.69) is 22.2 Å². The van der Waals surface area contributed by atoms with Crippen LogP contribution in [0.5, 0.6) is 5.88 Å². The first-order chi connectivity index (χ1) is 12.3. The van der Waals surface area contributed by atoms with E-state index in [1.807, 2.05) is 53.3 Å². The molecule has 4 rings (SSSR count). The van der Waals surface area contributed by atoms with Crippen LogP contribution in [-0.2, 0) is 6.42 Å². The van der Waals surface area contributed by atoms with Gasteiger partial charge in [-0.25, -0.2) is 9.67 Å². The molecule has 4 aromatic rings. The Morgan fingerprint density at radius 3 is 2.56 bits per heavy atom. The second kappa shape index (κ2) is 6.57. The molecule has 4 nitrogen and oxygen atoms in total. The molecule has 0 N–H and O–H groups in total. The molecule has 0 fully saturated rings. The third kappa shape index (κ3) is 2.96. The Balaban J connectivity index is 1.71. The van der Waals surface area contributed by atoms with Crippen LogP contribution in [-0.4, -0.2) is 21.9 Å². The van der Waals surface area contributed by atoms with Crippen molar-refractivity contribution >= 4 is 22.5 Å². The Morgan fingerprint density at radius 2 is 1.84 bits per heavy atom. The summed E-state index contributed by atoms with van der Waals surface area (Å²) in [5, 5.41) is 5.87. The number of ether oxygens (including phenoxy) is 1. The number of benzene rings is 2. The zero-order valence-electron chi connectivity index (χ0n) is 13.7. The van der Waals surface area contributed by atoms with Crippen LogP contribution in [0.15, 0.2) is 67.0 Å². The number of fused-ring (bicyclic) bond motifs is 1. The molecular weight excluding hydrogens is 334 g/mol. The van der Waals surface area contributed by atoms with Gasteiger partial charge < -0.3 is 4.74 Å². The van der Waals surface area contributed by atoms with Gasteiger partial charge in [0.05, 0.1) is 23.3 Å². The number of halogens is 1. The molecule has 0 atom stereocenters. The van der Waals surface area contributed by atoms with E-state index in [1.165, 1.54) is 0 Å². The van der Waals surface area contributed by atoms with Gasteiger partial charge in [-0.3, -0.25) is 0 Å². The van der Waals surface area contributed by atoms with Gasteiger partial charge in [0.25, 0.3) is 0 Å². The predicted octanol–water partition coefficient (Wildman–Crippen LogP) is 4.67. The summed E-state index contributed by atoms with van der Waals surface area (Å²) in [7, 11) is 1.62. The molecule has 2 aromatic heterocycles. The number of methoxy groups -OCH3 is 1. The van der Waals surface area contributed by atoms with E-state index in [4.69, 9.17) is 16.3 Å². The molecule has 25 heavy (non-hydrogen) atoms. The Bertz CT molecular complexity index is 1010. The number of pyridine rings is 1. The highest BCUT2D eigenvalue weighted by Gasteiger charge is 2.14. The first-order valence-electron chi connectivity index (χ1n) is 7.96. The maximum absolute atomic E-state index is 6.65. The first kappa shape index (κ1) is 15.7. The summed E-state index contributed by atoms with van der Waals surface area (Å²) in [6, 6.07) is 17.9. The van der Waals surface area contributed by atoms with Crippen LogP contribution in [0.4, 0.5) is 0 Å². The fraction of sp³-hybridized carbons (Fsp3) is 0.100. The molecular formula is C20H16ClN3O. The lowest BCUT2D eigenvalue weighted by Gasteiger charge is -2.12. The van der Waals surface area contributed by atoms with Crippen molar-refractivity contribution in [2.75, 3.05) is 7.11 Å². The Morgan fingerprint density at radius 1 is 1.04 bits per heavy atom. The zero-order chi connectivity index (χ0) is 17.2. The molecule has 0 unspecified atom stereocenters. The van der Waals surface area contributed by atoms with Crippen molar-refractivity contribution in [3.8, 4) is 11.6 Å². The average Bonchev–Trinajstić information content (AvgIpc) is 3.19. The van der Waals surface area contributed by atoms with Gasteiger partial charge in [-0.15, -0.1) is 0 Å². The molecule has 0 bridgehead atoms. The summed E-state index contributed by atoms with van der Waals surface area (Å²) in [6.45, 7) is 0. The van der Waals surface area contributed by atoms with Gasteiger partial charge in [-0.1, -0.05) is 41.9 Å². The fourth-order valence-corrected chi connectivity index (χ4v) is 3.21. The van der Waals surface area contributed by atoms with E-state index in [-0.39, 0.29) is 0 Å². The number of para-hydroxylation sites is 1. The van der Waals surface area contributed by atoms with Gasteiger partial charge in [0, 0.05) is 29.8 Å². The molecule has 2 heterocycles. The molecule has 124 valence electrons. The third-order valence-electron chi connectivity index (χ3n) is 4.17. The molecule has 0 saturated carbocycles. The summed E-state index contributed by atoms with van der Waals surface area (Å²) in [6.07, 6.45) is 4.33. The molecule has 2 aromatic carbocycles. The van der Waals surface area contributed by atoms with Crippen molar-refractivity contribution in [1.29, 1.82) is 0 Å². The molecule has 0 amide bonds. The quantitative estimate of drug-likeness (QED) is 0.537. The highest BCUT2D eigenvalue weighted by Crippen LogP contribution is 2.33. The number of aromatic nitrogens is 3. The molecule has 0 radical (unpaired) electrons. The van der Waals surface area contributed by atoms with Crippen LogP contribution in [0.3, 0.4) is 0 Å². The summed E-state index contributed by atoms with van der Waals surface area (Å²) >= 11 is 6.65. The van der Waals surface area contributed by atoms with Gasteiger partial charge in [0.15, 0.2) is 0 Å². The minimum atomic E-state index is 0.569. The maximum atomic E-state index is 6.65. The highest BCUT2D eigenvalue weighted by atomic mass is 35.5. The molecule has 0 aliphatic carbocycles. The van der Waals surface area contributed by atoms with E-state index in [0.29, 0.717) is 17.3 Å². The van der Waals surface area contributed by atoms with Crippen molar-refractivity contribution in [1.82, 2.24) is 14.8 Å². The summed E-state index contributed by atoms with van der Waals surface area (Å²) in [5.41, 5.74) is 3.88. The average molecular weight is 350 g/mol. The SMILES string of the molecule is COc1nc2ccccc2c(Cl)c1Cc1ccc(-n2cccn2)cc1. The Kier molecular flexibility index (Phi) is 4.12. The fourth-order valence-electron chi connectivity index (χ4n) is 2.90. The van der Waals surface area contributed by atoms with Gasteiger partial charge in [-0.05, 0) is 29.8 Å². The van der Waals surface area contributed by atoms with Crippen LogP contribution in [0, 0.1) is 0 Å². The van der Waals surface area contributed by atoms with Crippen molar-refractivity contribution in [2.45, 2.75) is 6.42 Å². The van der Waals surface area contributed by atoms with Crippen molar-refractivity contribution in [3.63, 3.8) is 0 Å². The smallest absolute Gasteiger partial charge is 0.218 e. The van der Waals surface area contributed by atoms with Crippen LogP contribution < -0.4 is 4.74 Å². The van der Waals surface area contributed by atoms with Crippen molar-refractivity contribution in [3.05, 3.63) is 83.1 Å². The minimum absolute atomic E-state index is 0.569. The number of hydrogen-bond acceptors (Lipinski definition) is 3. The number of nitrogens with zero attached hydrogens (tertiary/aromatic N) is 3. The van der Waals surface area contributed by atoms with Crippen LogP contribution >= 0.6 is 11.6 Å². The van der Waals surface area contributed by atoms with Gasteiger partial charge in [-0.2, -0.15) is 5.10 Å². The van der Waals surface area contributed by atoms with Gasteiger partial charge in [0.1, 0.15) is 0 Å². The Hall–Kier alpha value is -2.85. The second-order valence-electron chi connectivity index (χ2n) is 5.72. The van der Waals surface area contributed by atoms with Crippen LogP contribution in [0.25, 0.3) is 16.6 Å². The summed E-state index contributed by atoms with van der Waals surface area (Å²) in [4.78, 5) is 4.59. The van der Waals surface area contributed by atoms with Gasteiger partial charge in [0.2, 0.25) is 5.88 Å². The van der Waals surface area contributed by atoms with E-state index < -0.39 is 0 Å². The van der Waals surface area contributed by atoms with E-state index in [1.54, 1.807) is 13.3 Å². The van der Waals surface area contributed by atoms with Crippen LogP contribution in [0.1, 0.15) is 11.1 Å². The normalized spacial score (nSPS) is 11.0. The first-order valence-corrected chi connectivity index (χ1v) is 8.34. The zero-order valence-corrected chi connectivity index (χ0v) is 14.4. The molecule has 5 heteroatoms. The van der Waals surface area contributed by atoms with E-state index in [9.17, 15) is 0 Å². The minimum Gasteiger partial charge on any atom is -0.481 e. The molecule has 0 aliphatic heterocycles. The van der Waals surface area contributed by atoms with Gasteiger partial charge >= 0.3 is 0 Å². The molecule has 0 spiro atoms. The third-order valence-corrected chi connectivity index (χ3v) is 4.60. The highest BCUT2D eigenvalue weighted by molar-refractivity contribution is 6.36. The van der Waals surface area contributed by atoms with E-state index >= 15 is 0 Å². The van der Waals surface area contributed by atoms with Crippen LogP contribution in [0.2, 0.25) is 5.02 Å². The topological polar surface area (TPSA) is 39.9 Å². The summed E-state index contributed by atoms with van der Waals surface area (Å²) < 4.78 is 7.31. The monoisotopic (exact) mass is 349 g/mol. The van der Waals surface area contributed by atoms with Crippen molar-refractivity contribution < 1.29 is 4.74 Å². The predicted molar refractivity (Wildman–Crippen MR) is 99.7 cm³/mol. The summed E-state index contributed by atoms with van der Waals surface area (Å²) in [5.74, 6) is 0.569. The largest absolute Gasteiger partial charge is 0.481 e. The molecule has 0 aliphatic rings. The molecule has 0 saturated heterocycles. The lowest BCUT2D eigenvalue weighted by atomic mass is 10.0.